The molecular formula is C12H16BrFN2O. The van der Waals surface area contributed by atoms with Crippen LogP contribution in [0.1, 0.15) is 18.9 Å². The van der Waals surface area contributed by atoms with Crippen LogP contribution in [0.3, 0.4) is 0 Å². The second-order valence-corrected chi connectivity index (χ2v) is 4.66. The number of benzene rings is 1. The van der Waals surface area contributed by atoms with Crippen LogP contribution in [0.15, 0.2) is 16.6 Å². The number of halogens is 2. The number of amides is 1. The van der Waals surface area contributed by atoms with E-state index in [0.29, 0.717) is 15.7 Å². The lowest BCUT2D eigenvalue weighted by Crippen LogP contribution is -2.28. The Labute approximate surface area is 109 Å². The molecule has 0 bridgehead atoms. The van der Waals surface area contributed by atoms with Crippen molar-refractivity contribution < 1.29 is 9.18 Å². The highest BCUT2D eigenvalue weighted by atomic mass is 79.9. The van der Waals surface area contributed by atoms with Gasteiger partial charge in [0.05, 0.1) is 11.0 Å². The highest BCUT2D eigenvalue weighted by Crippen LogP contribution is 2.24. The third kappa shape index (κ3) is 4.44. The molecule has 0 aliphatic heterocycles. The molecular weight excluding hydrogens is 287 g/mol. The van der Waals surface area contributed by atoms with E-state index in [9.17, 15) is 9.18 Å². The van der Waals surface area contributed by atoms with Crippen LogP contribution in [0.4, 0.5) is 10.1 Å². The fourth-order valence-electron chi connectivity index (χ4n) is 1.35. The fourth-order valence-corrected chi connectivity index (χ4v) is 1.70. The molecule has 1 amide bonds. The molecule has 0 unspecified atom stereocenters. The monoisotopic (exact) mass is 302 g/mol. The number of carbonyl (C=O) groups excluding carboxylic acids is 1. The van der Waals surface area contributed by atoms with E-state index >= 15 is 0 Å². The summed E-state index contributed by atoms with van der Waals surface area (Å²) in [4.78, 5) is 11.6. The molecule has 1 aromatic carbocycles. The summed E-state index contributed by atoms with van der Waals surface area (Å²) in [6, 6.07) is 2.96. The van der Waals surface area contributed by atoms with Gasteiger partial charge in [-0.15, -0.1) is 0 Å². The molecule has 0 saturated heterocycles. The molecule has 0 heterocycles. The Hall–Kier alpha value is -0.940. The molecule has 0 aromatic heterocycles. The van der Waals surface area contributed by atoms with Crippen molar-refractivity contribution in [3.63, 3.8) is 0 Å². The van der Waals surface area contributed by atoms with Gasteiger partial charge in [0.2, 0.25) is 5.91 Å². The van der Waals surface area contributed by atoms with Gasteiger partial charge in [-0.3, -0.25) is 4.79 Å². The first kappa shape index (κ1) is 14.1. The molecule has 1 aromatic rings. The van der Waals surface area contributed by atoms with E-state index in [-0.39, 0.29) is 18.3 Å². The van der Waals surface area contributed by atoms with Gasteiger partial charge in [0.1, 0.15) is 5.82 Å². The Morgan fingerprint density at radius 1 is 1.47 bits per heavy atom. The molecule has 94 valence electrons. The van der Waals surface area contributed by atoms with Gasteiger partial charge in [0.25, 0.3) is 0 Å². The van der Waals surface area contributed by atoms with Crippen LogP contribution in [0, 0.1) is 12.7 Å². The van der Waals surface area contributed by atoms with Crippen LogP contribution >= 0.6 is 15.9 Å². The maximum atomic E-state index is 13.2. The lowest BCUT2D eigenvalue weighted by atomic mass is 10.2. The zero-order valence-electron chi connectivity index (χ0n) is 9.94. The summed E-state index contributed by atoms with van der Waals surface area (Å²) in [6.45, 7) is 4.86. The summed E-state index contributed by atoms with van der Waals surface area (Å²) in [7, 11) is 0. The lowest BCUT2D eigenvalue weighted by molar-refractivity contribution is -0.115. The summed E-state index contributed by atoms with van der Waals surface area (Å²) in [6.07, 6.45) is 0.981. The van der Waals surface area contributed by atoms with Crippen molar-refractivity contribution in [2.75, 3.05) is 18.4 Å². The zero-order valence-corrected chi connectivity index (χ0v) is 11.5. The standard InChI is InChI=1S/C12H16BrFN2O/c1-3-4-15-7-12(17)16-11-6-9(13)10(14)5-8(11)2/h5-6,15H,3-4,7H2,1-2H3,(H,16,17). The summed E-state index contributed by atoms with van der Waals surface area (Å²) in [5, 5.41) is 5.74. The molecule has 0 aliphatic carbocycles. The number of anilines is 1. The minimum absolute atomic E-state index is 0.125. The van der Waals surface area contributed by atoms with E-state index < -0.39 is 0 Å². The van der Waals surface area contributed by atoms with E-state index in [2.05, 4.69) is 26.6 Å². The number of aryl methyl sites for hydroxylation is 1. The Morgan fingerprint density at radius 2 is 2.18 bits per heavy atom. The first-order valence-electron chi connectivity index (χ1n) is 5.50. The number of nitrogens with one attached hydrogen (secondary N) is 2. The maximum absolute atomic E-state index is 13.2. The van der Waals surface area contributed by atoms with Gasteiger partial charge in [-0.2, -0.15) is 0 Å². The van der Waals surface area contributed by atoms with Crippen molar-refractivity contribution in [1.29, 1.82) is 0 Å². The number of rotatable bonds is 5. The molecule has 2 N–H and O–H groups in total. The zero-order chi connectivity index (χ0) is 12.8. The van der Waals surface area contributed by atoms with Gasteiger partial charge in [0, 0.05) is 5.69 Å². The number of hydrogen-bond donors (Lipinski definition) is 2. The third-order valence-corrected chi connectivity index (χ3v) is 2.86. The van der Waals surface area contributed by atoms with E-state index in [0.717, 1.165) is 13.0 Å². The van der Waals surface area contributed by atoms with Crippen LogP contribution in [0.25, 0.3) is 0 Å². The molecule has 3 nitrogen and oxygen atoms in total. The van der Waals surface area contributed by atoms with Crippen molar-refractivity contribution in [3.8, 4) is 0 Å². The van der Waals surface area contributed by atoms with Gasteiger partial charge < -0.3 is 10.6 Å². The average Bonchev–Trinajstić information content (AvgIpc) is 2.26. The van der Waals surface area contributed by atoms with Crippen molar-refractivity contribution in [2.24, 2.45) is 0 Å². The van der Waals surface area contributed by atoms with Crippen LogP contribution in [0.2, 0.25) is 0 Å². The third-order valence-electron chi connectivity index (χ3n) is 2.25. The van der Waals surface area contributed by atoms with E-state index in [4.69, 9.17) is 0 Å². The van der Waals surface area contributed by atoms with Crippen LogP contribution in [0.5, 0.6) is 0 Å². The SMILES string of the molecule is CCCNCC(=O)Nc1cc(Br)c(F)cc1C. The predicted octanol–water partition coefficient (Wildman–Crippen LogP) is 2.83. The van der Waals surface area contributed by atoms with E-state index in [1.54, 1.807) is 13.0 Å². The molecule has 0 atom stereocenters. The van der Waals surface area contributed by atoms with Gasteiger partial charge in [0.15, 0.2) is 0 Å². The van der Waals surface area contributed by atoms with Gasteiger partial charge >= 0.3 is 0 Å². The molecule has 1 rings (SSSR count). The highest BCUT2D eigenvalue weighted by molar-refractivity contribution is 9.10. The summed E-state index contributed by atoms with van der Waals surface area (Å²) in [5.74, 6) is -0.454. The Morgan fingerprint density at radius 3 is 2.82 bits per heavy atom. The minimum atomic E-state index is -0.329. The van der Waals surface area contributed by atoms with Gasteiger partial charge in [-0.05, 0) is 53.5 Å². The fraction of sp³-hybridized carbons (Fsp3) is 0.417. The second-order valence-electron chi connectivity index (χ2n) is 3.81. The van der Waals surface area contributed by atoms with Crippen LogP contribution < -0.4 is 10.6 Å². The molecule has 5 heteroatoms. The van der Waals surface area contributed by atoms with Crippen LogP contribution in [-0.2, 0) is 4.79 Å². The van der Waals surface area contributed by atoms with Gasteiger partial charge in [-0.1, -0.05) is 6.92 Å². The quantitative estimate of drug-likeness (QED) is 0.821. The highest BCUT2D eigenvalue weighted by Gasteiger charge is 2.08. The Bertz CT molecular complexity index is 410. The lowest BCUT2D eigenvalue weighted by Gasteiger charge is -2.10. The van der Waals surface area contributed by atoms with E-state index in [1.165, 1.54) is 6.07 Å². The topological polar surface area (TPSA) is 41.1 Å². The van der Waals surface area contributed by atoms with Crippen molar-refractivity contribution >= 4 is 27.5 Å². The Balaban J connectivity index is 2.62. The minimum Gasteiger partial charge on any atom is -0.325 e. The smallest absolute Gasteiger partial charge is 0.238 e. The molecule has 0 saturated carbocycles. The summed E-state index contributed by atoms with van der Waals surface area (Å²) in [5.41, 5.74) is 1.33. The first-order chi connectivity index (χ1) is 8.04. The van der Waals surface area contributed by atoms with E-state index in [1.807, 2.05) is 6.92 Å². The van der Waals surface area contributed by atoms with Crippen LogP contribution in [-0.4, -0.2) is 19.0 Å². The largest absolute Gasteiger partial charge is 0.325 e. The normalized spacial score (nSPS) is 10.4. The number of hydrogen-bond acceptors (Lipinski definition) is 2. The van der Waals surface area contributed by atoms with Crippen molar-refractivity contribution in [1.82, 2.24) is 5.32 Å². The first-order valence-corrected chi connectivity index (χ1v) is 6.30. The second kappa shape index (κ2) is 6.71. The van der Waals surface area contributed by atoms with Gasteiger partial charge in [-0.25, -0.2) is 4.39 Å². The van der Waals surface area contributed by atoms with Crippen molar-refractivity contribution in [3.05, 3.63) is 28.0 Å². The average molecular weight is 303 g/mol. The van der Waals surface area contributed by atoms with Crippen molar-refractivity contribution in [2.45, 2.75) is 20.3 Å². The number of carbonyl (C=O) groups is 1. The summed E-state index contributed by atoms with van der Waals surface area (Å²) >= 11 is 3.09. The molecule has 0 aliphatic rings. The Kier molecular flexibility index (Phi) is 5.58. The predicted molar refractivity (Wildman–Crippen MR) is 70.6 cm³/mol. The molecule has 0 spiro atoms. The molecule has 0 fully saturated rings. The molecule has 17 heavy (non-hydrogen) atoms. The molecule has 0 radical (unpaired) electrons. The summed E-state index contributed by atoms with van der Waals surface area (Å²) < 4.78 is 13.5. The maximum Gasteiger partial charge on any atom is 0.238 e.